The second-order valence-corrected chi connectivity index (χ2v) is 4.39. The van der Waals surface area contributed by atoms with E-state index in [1.54, 1.807) is 0 Å². The third-order valence-corrected chi connectivity index (χ3v) is 2.86. The first-order chi connectivity index (χ1) is 8.82. The van der Waals surface area contributed by atoms with Crippen molar-refractivity contribution in [2.24, 2.45) is 0 Å². The van der Waals surface area contributed by atoms with Crippen molar-refractivity contribution >= 4 is 23.2 Å². The molecule has 0 spiro atoms. The third-order valence-electron chi connectivity index (χ3n) is 2.29. The largest absolute Gasteiger partial charge is 0.416 e. The molecule has 1 heterocycles. The molecule has 0 atom stereocenters. The molecule has 2 aromatic rings. The molecule has 8 heteroatoms. The highest BCUT2D eigenvalue weighted by atomic mass is 35.5. The van der Waals surface area contributed by atoms with E-state index in [0.29, 0.717) is 0 Å². The number of hydrogen-bond donors (Lipinski definition) is 0. The van der Waals surface area contributed by atoms with Crippen LogP contribution in [-0.2, 0) is 6.18 Å². The lowest BCUT2D eigenvalue weighted by molar-refractivity contribution is -0.137. The van der Waals surface area contributed by atoms with Crippen molar-refractivity contribution in [3.8, 4) is 11.8 Å². The summed E-state index contributed by atoms with van der Waals surface area (Å²) in [5.74, 6) is 0. The van der Waals surface area contributed by atoms with Gasteiger partial charge < -0.3 is 0 Å². The standard InChI is InChI=1S/C11H4Cl2F3N3/c12-8-1-7(11(14,15)16)2-9(13)10(8)19-5-6(3-17)4-18-19/h1-2,4-5H. The van der Waals surface area contributed by atoms with Crippen LogP contribution in [0.2, 0.25) is 10.0 Å². The molecule has 0 bridgehead atoms. The van der Waals surface area contributed by atoms with Crippen molar-refractivity contribution in [2.75, 3.05) is 0 Å². The number of hydrogen-bond acceptors (Lipinski definition) is 2. The average molecular weight is 306 g/mol. The molecule has 19 heavy (non-hydrogen) atoms. The van der Waals surface area contributed by atoms with Crippen LogP contribution in [0.4, 0.5) is 13.2 Å². The summed E-state index contributed by atoms with van der Waals surface area (Å²) < 4.78 is 38.8. The van der Waals surface area contributed by atoms with Crippen LogP contribution in [-0.4, -0.2) is 9.78 Å². The highest BCUT2D eigenvalue weighted by molar-refractivity contribution is 6.37. The number of nitriles is 1. The molecular weight excluding hydrogens is 302 g/mol. The number of aromatic nitrogens is 2. The van der Waals surface area contributed by atoms with Crippen LogP contribution >= 0.6 is 23.2 Å². The zero-order valence-electron chi connectivity index (χ0n) is 9.04. The van der Waals surface area contributed by atoms with E-state index >= 15 is 0 Å². The molecule has 0 saturated carbocycles. The molecule has 0 unspecified atom stereocenters. The summed E-state index contributed by atoms with van der Waals surface area (Å²) >= 11 is 11.6. The average Bonchev–Trinajstić information content (AvgIpc) is 2.75. The zero-order chi connectivity index (χ0) is 14.2. The van der Waals surface area contributed by atoms with Crippen molar-refractivity contribution < 1.29 is 13.2 Å². The Hall–Kier alpha value is -1.71. The maximum absolute atomic E-state index is 12.6. The molecule has 1 aromatic heterocycles. The Morgan fingerprint density at radius 2 is 1.79 bits per heavy atom. The Morgan fingerprint density at radius 1 is 1.21 bits per heavy atom. The smallest absolute Gasteiger partial charge is 0.237 e. The summed E-state index contributed by atoms with van der Waals surface area (Å²) in [4.78, 5) is 0. The first-order valence-corrected chi connectivity index (χ1v) is 5.60. The molecule has 0 radical (unpaired) electrons. The van der Waals surface area contributed by atoms with Gasteiger partial charge in [-0.3, -0.25) is 0 Å². The van der Waals surface area contributed by atoms with Crippen LogP contribution in [0.1, 0.15) is 11.1 Å². The fraction of sp³-hybridized carbons (Fsp3) is 0.0909. The number of alkyl halides is 3. The van der Waals surface area contributed by atoms with Crippen LogP contribution in [0.5, 0.6) is 0 Å². The predicted octanol–water partition coefficient (Wildman–Crippen LogP) is 4.07. The van der Waals surface area contributed by atoms with Gasteiger partial charge in [0.1, 0.15) is 11.8 Å². The summed E-state index contributed by atoms with van der Waals surface area (Å²) in [5.41, 5.74) is -0.608. The van der Waals surface area contributed by atoms with Crippen LogP contribution in [0.25, 0.3) is 5.69 Å². The van der Waals surface area contributed by atoms with Gasteiger partial charge >= 0.3 is 6.18 Å². The molecule has 0 amide bonds. The van der Waals surface area contributed by atoms with E-state index in [4.69, 9.17) is 28.5 Å². The maximum atomic E-state index is 12.6. The van der Waals surface area contributed by atoms with E-state index in [0.717, 1.165) is 16.8 Å². The summed E-state index contributed by atoms with van der Waals surface area (Å²) in [6, 6.07) is 3.36. The van der Waals surface area contributed by atoms with Gasteiger partial charge in [-0.15, -0.1) is 0 Å². The zero-order valence-corrected chi connectivity index (χ0v) is 10.6. The Morgan fingerprint density at radius 3 is 2.21 bits per heavy atom. The van der Waals surface area contributed by atoms with Crippen LogP contribution in [0.3, 0.4) is 0 Å². The van der Waals surface area contributed by atoms with Gasteiger partial charge in [0.15, 0.2) is 0 Å². The lowest BCUT2D eigenvalue weighted by atomic mass is 10.2. The predicted molar refractivity (Wildman–Crippen MR) is 63.3 cm³/mol. The number of rotatable bonds is 1. The molecule has 0 N–H and O–H groups in total. The highest BCUT2D eigenvalue weighted by Crippen LogP contribution is 2.37. The van der Waals surface area contributed by atoms with Gasteiger partial charge in [0.25, 0.3) is 0 Å². The molecule has 0 aliphatic carbocycles. The van der Waals surface area contributed by atoms with E-state index in [1.165, 1.54) is 12.4 Å². The molecule has 98 valence electrons. The maximum Gasteiger partial charge on any atom is 0.416 e. The Kier molecular flexibility index (Phi) is 3.43. The number of nitrogens with zero attached hydrogens (tertiary/aromatic N) is 3. The van der Waals surface area contributed by atoms with Crippen LogP contribution < -0.4 is 0 Å². The molecule has 0 aliphatic rings. The monoisotopic (exact) mass is 305 g/mol. The quantitative estimate of drug-likeness (QED) is 0.797. The number of benzene rings is 1. The van der Waals surface area contributed by atoms with Gasteiger partial charge in [-0.25, -0.2) is 4.68 Å². The van der Waals surface area contributed by atoms with Gasteiger partial charge in [-0.05, 0) is 12.1 Å². The van der Waals surface area contributed by atoms with E-state index in [-0.39, 0.29) is 21.3 Å². The second kappa shape index (κ2) is 4.76. The van der Waals surface area contributed by atoms with E-state index in [2.05, 4.69) is 5.10 Å². The van der Waals surface area contributed by atoms with Crippen molar-refractivity contribution in [3.63, 3.8) is 0 Å². The summed E-state index contributed by atoms with van der Waals surface area (Å²) in [5, 5.41) is 12.1. The van der Waals surface area contributed by atoms with Crippen molar-refractivity contribution in [1.82, 2.24) is 9.78 Å². The third kappa shape index (κ3) is 2.67. The first kappa shape index (κ1) is 13.7. The summed E-state index contributed by atoms with van der Waals surface area (Å²) in [7, 11) is 0. The molecule has 0 aliphatic heterocycles. The molecular formula is C11H4Cl2F3N3. The second-order valence-electron chi connectivity index (χ2n) is 3.57. The van der Waals surface area contributed by atoms with Gasteiger partial charge in [-0.2, -0.15) is 23.5 Å². The van der Waals surface area contributed by atoms with Gasteiger partial charge in [0.05, 0.1) is 27.4 Å². The van der Waals surface area contributed by atoms with Gasteiger partial charge in [-0.1, -0.05) is 23.2 Å². The highest BCUT2D eigenvalue weighted by Gasteiger charge is 2.32. The number of halogens is 5. The van der Waals surface area contributed by atoms with Crippen molar-refractivity contribution in [3.05, 3.63) is 45.7 Å². The molecule has 0 fully saturated rings. The van der Waals surface area contributed by atoms with Crippen molar-refractivity contribution in [2.45, 2.75) is 6.18 Å². The lowest BCUT2D eigenvalue weighted by Gasteiger charge is -2.12. The Balaban J connectivity index is 2.57. The fourth-order valence-corrected chi connectivity index (χ4v) is 2.11. The van der Waals surface area contributed by atoms with Crippen molar-refractivity contribution in [1.29, 1.82) is 5.26 Å². The minimum absolute atomic E-state index is 0.0952. The molecule has 2 rings (SSSR count). The summed E-state index contributed by atoms with van der Waals surface area (Å²) in [6.07, 6.45) is -1.96. The molecule has 1 aromatic carbocycles. The van der Waals surface area contributed by atoms with Gasteiger partial charge in [0.2, 0.25) is 0 Å². The van der Waals surface area contributed by atoms with E-state index in [1.807, 2.05) is 6.07 Å². The normalized spacial score (nSPS) is 11.4. The Labute approximate surface area is 115 Å². The van der Waals surface area contributed by atoms with Crippen LogP contribution in [0.15, 0.2) is 24.5 Å². The first-order valence-electron chi connectivity index (χ1n) is 4.84. The SMILES string of the molecule is N#Cc1cnn(-c2c(Cl)cc(C(F)(F)F)cc2Cl)c1. The minimum atomic E-state index is -4.53. The lowest BCUT2D eigenvalue weighted by Crippen LogP contribution is -2.06. The van der Waals surface area contributed by atoms with Crippen LogP contribution in [0, 0.1) is 11.3 Å². The topological polar surface area (TPSA) is 41.6 Å². The molecule has 0 saturated heterocycles. The van der Waals surface area contributed by atoms with Gasteiger partial charge in [0, 0.05) is 6.20 Å². The Bertz CT molecular complexity index is 648. The summed E-state index contributed by atoms with van der Waals surface area (Å²) in [6.45, 7) is 0. The minimum Gasteiger partial charge on any atom is -0.237 e. The fourth-order valence-electron chi connectivity index (χ4n) is 1.45. The van der Waals surface area contributed by atoms with E-state index < -0.39 is 11.7 Å². The molecule has 3 nitrogen and oxygen atoms in total. The van der Waals surface area contributed by atoms with E-state index in [9.17, 15) is 13.2 Å².